The van der Waals surface area contributed by atoms with Crippen molar-refractivity contribution in [3.05, 3.63) is 0 Å². The number of hydrogen-bond donors (Lipinski definition) is 1. The summed E-state index contributed by atoms with van der Waals surface area (Å²) in [5.41, 5.74) is 0.770. The van der Waals surface area contributed by atoms with E-state index in [1.165, 1.54) is 64.6 Å². The van der Waals surface area contributed by atoms with Crippen LogP contribution in [0, 0.1) is 5.41 Å². The van der Waals surface area contributed by atoms with Crippen molar-refractivity contribution in [1.82, 2.24) is 10.2 Å². The highest BCUT2D eigenvalue weighted by Crippen LogP contribution is 2.45. The molecule has 1 spiro atoms. The number of hydrogen-bond acceptors (Lipinski definition) is 2. The largest absolute Gasteiger partial charge is 0.314 e. The molecule has 0 aromatic rings. The molecule has 2 heteroatoms. The summed E-state index contributed by atoms with van der Waals surface area (Å²) in [7, 11) is 0. The molecule has 0 aromatic carbocycles. The lowest BCUT2D eigenvalue weighted by atomic mass is 9.68. The van der Waals surface area contributed by atoms with Crippen LogP contribution in [0.2, 0.25) is 0 Å². The van der Waals surface area contributed by atoms with E-state index in [2.05, 4.69) is 17.1 Å². The fourth-order valence-corrected chi connectivity index (χ4v) is 4.13. The lowest BCUT2D eigenvalue weighted by Gasteiger charge is -2.56. The van der Waals surface area contributed by atoms with Crippen molar-refractivity contribution in [2.24, 2.45) is 5.41 Å². The van der Waals surface area contributed by atoms with Crippen LogP contribution in [0.1, 0.15) is 51.9 Å². The second kappa shape index (κ2) is 4.30. The SMILES string of the molecule is CC1CC(N2CC3(CCCCC3)C2)CCN1. The summed E-state index contributed by atoms with van der Waals surface area (Å²) in [5.74, 6) is 0. The first kappa shape index (κ1) is 11.0. The molecule has 1 aliphatic carbocycles. The minimum atomic E-state index is 0.738. The van der Waals surface area contributed by atoms with Gasteiger partial charge in [-0.15, -0.1) is 0 Å². The van der Waals surface area contributed by atoms with Crippen molar-refractivity contribution < 1.29 is 0 Å². The number of likely N-dealkylation sites (tertiary alicyclic amines) is 1. The van der Waals surface area contributed by atoms with Gasteiger partial charge in [0.15, 0.2) is 0 Å². The molecule has 3 fully saturated rings. The molecule has 0 amide bonds. The average Bonchev–Trinajstić information content (AvgIpc) is 2.27. The van der Waals surface area contributed by atoms with Crippen LogP contribution in [0.5, 0.6) is 0 Å². The van der Waals surface area contributed by atoms with Crippen molar-refractivity contribution in [1.29, 1.82) is 0 Å². The Bertz CT molecular complexity index is 237. The van der Waals surface area contributed by atoms with Crippen LogP contribution in [0.15, 0.2) is 0 Å². The van der Waals surface area contributed by atoms with E-state index in [1.807, 2.05) is 0 Å². The highest BCUT2D eigenvalue weighted by molar-refractivity contribution is 5.00. The van der Waals surface area contributed by atoms with Crippen LogP contribution in [-0.4, -0.2) is 36.6 Å². The second-order valence-corrected chi connectivity index (χ2v) is 6.50. The van der Waals surface area contributed by atoms with Gasteiger partial charge in [0.05, 0.1) is 0 Å². The van der Waals surface area contributed by atoms with Crippen LogP contribution < -0.4 is 5.32 Å². The molecule has 0 bridgehead atoms. The molecule has 1 N–H and O–H groups in total. The molecule has 2 atom stereocenters. The zero-order chi connectivity index (χ0) is 11.0. The number of rotatable bonds is 1. The van der Waals surface area contributed by atoms with E-state index < -0.39 is 0 Å². The van der Waals surface area contributed by atoms with Gasteiger partial charge in [0.2, 0.25) is 0 Å². The summed E-state index contributed by atoms with van der Waals surface area (Å²) in [5, 5.41) is 3.56. The Kier molecular flexibility index (Phi) is 2.97. The van der Waals surface area contributed by atoms with E-state index in [9.17, 15) is 0 Å². The molecule has 2 saturated heterocycles. The Morgan fingerprint density at radius 2 is 1.88 bits per heavy atom. The van der Waals surface area contributed by atoms with Crippen LogP contribution in [0.3, 0.4) is 0 Å². The second-order valence-electron chi connectivity index (χ2n) is 6.50. The van der Waals surface area contributed by atoms with Crippen LogP contribution in [0.25, 0.3) is 0 Å². The third kappa shape index (κ3) is 2.02. The Hall–Kier alpha value is -0.0800. The Morgan fingerprint density at radius 1 is 1.12 bits per heavy atom. The average molecular weight is 222 g/mol. The van der Waals surface area contributed by atoms with Crippen molar-refractivity contribution in [3.8, 4) is 0 Å². The van der Waals surface area contributed by atoms with Gasteiger partial charge in [-0.25, -0.2) is 0 Å². The highest BCUT2D eigenvalue weighted by atomic mass is 15.2. The van der Waals surface area contributed by atoms with E-state index in [0.29, 0.717) is 0 Å². The van der Waals surface area contributed by atoms with Crippen molar-refractivity contribution in [3.63, 3.8) is 0 Å². The van der Waals surface area contributed by atoms with Gasteiger partial charge in [0, 0.05) is 25.2 Å². The zero-order valence-electron chi connectivity index (χ0n) is 10.7. The molecule has 2 heterocycles. The molecule has 0 aromatic heterocycles. The third-order valence-corrected chi connectivity index (χ3v) is 5.10. The summed E-state index contributed by atoms with van der Waals surface area (Å²) in [6, 6.07) is 1.63. The smallest absolute Gasteiger partial charge is 0.0122 e. The summed E-state index contributed by atoms with van der Waals surface area (Å²) in [6.45, 7) is 6.41. The zero-order valence-corrected chi connectivity index (χ0v) is 10.7. The summed E-state index contributed by atoms with van der Waals surface area (Å²) in [4.78, 5) is 2.78. The van der Waals surface area contributed by atoms with Crippen molar-refractivity contribution in [2.75, 3.05) is 19.6 Å². The van der Waals surface area contributed by atoms with Gasteiger partial charge in [0.25, 0.3) is 0 Å². The maximum atomic E-state index is 3.56. The van der Waals surface area contributed by atoms with E-state index >= 15 is 0 Å². The van der Waals surface area contributed by atoms with Gasteiger partial charge in [0.1, 0.15) is 0 Å². The fraction of sp³-hybridized carbons (Fsp3) is 1.00. The standard InChI is InChI=1S/C14H26N2/c1-12-9-13(5-8-15-12)16-10-14(11-16)6-3-2-4-7-14/h12-13,15H,2-11H2,1H3. The quantitative estimate of drug-likeness (QED) is 0.733. The molecule has 2 nitrogen and oxygen atoms in total. The molecule has 16 heavy (non-hydrogen) atoms. The van der Waals surface area contributed by atoms with Crippen molar-refractivity contribution >= 4 is 0 Å². The molecule has 2 unspecified atom stereocenters. The van der Waals surface area contributed by atoms with Crippen LogP contribution >= 0.6 is 0 Å². The lowest BCUT2D eigenvalue weighted by Crippen LogP contribution is -2.62. The molecule has 0 radical (unpaired) electrons. The van der Waals surface area contributed by atoms with Gasteiger partial charge in [-0.1, -0.05) is 19.3 Å². The number of piperidine rings is 1. The Labute approximate surface area is 99.8 Å². The Balaban J connectivity index is 1.52. The van der Waals surface area contributed by atoms with E-state index in [0.717, 1.165) is 17.5 Å². The summed E-state index contributed by atoms with van der Waals surface area (Å²) < 4.78 is 0. The first-order chi connectivity index (χ1) is 7.77. The fourth-order valence-electron chi connectivity index (χ4n) is 4.13. The van der Waals surface area contributed by atoms with Crippen LogP contribution in [0.4, 0.5) is 0 Å². The maximum absolute atomic E-state index is 3.56. The van der Waals surface area contributed by atoms with Gasteiger partial charge in [-0.05, 0) is 44.6 Å². The third-order valence-electron chi connectivity index (χ3n) is 5.10. The molecule has 3 aliphatic rings. The predicted octanol–water partition coefficient (Wildman–Crippen LogP) is 2.39. The minimum Gasteiger partial charge on any atom is -0.314 e. The van der Waals surface area contributed by atoms with Gasteiger partial charge in [-0.2, -0.15) is 0 Å². The minimum absolute atomic E-state index is 0.738. The molecular formula is C14H26N2. The normalized spacial score (nSPS) is 39.6. The Morgan fingerprint density at radius 3 is 2.56 bits per heavy atom. The van der Waals surface area contributed by atoms with Crippen molar-refractivity contribution in [2.45, 2.75) is 64.0 Å². The molecule has 92 valence electrons. The summed E-state index contributed by atoms with van der Waals surface area (Å²) in [6.07, 6.45) is 10.3. The van der Waals surface area contributed by atoms with Gasteiger partial charge < -0.3 is 5.32 Å². The monoisotopic (exact) mass is 222 g/mol. The molecule has 1 saturated carbocycles. The van der Waals surface area contributed by atoms with E-state index in [1.54, 1.807) is 0 Å². The summed E-state index contributed by atoms with van der Waals surface area (Å²) >= 11 is 0. The number of nitrogens with zero attached hydrogens (tertiary/aromatic N) is 1. The van der Waals surface area contributed by atoms with E-state index in [-0.39, 0.29) is 0 Å². The van der Waals surface area contributed by atoms with Gasteiger partial charge >= 0.3 is 0 Å². The predicted molar refractivity (Wildman–Crippen MR) is 67.6 cm³/mol. The molecular weight excluding hydrogens is 196 g/mol. The molecule has 3 rings (SSSR count). The van der Waals surface area contributed by atoms with E-state index in [4.69, 9.17) is 0 Å². The maximum Gasteiger partial charge on any atom is 0.0122 e. The van der Waals surface area contributed by atoms with Gasteiger partial charge in [-0.3, -0.25) is 4.90 Å². The first-order valence-corrected chi connectivity index (χ1v) is 7.25. The number of nitrogens with one attached hydrogen (secondary N) is 1. The van der Waals surface area contributed by atoms with Crippen LogP contribution in [-0.2, 0) is 0 Å². The lowest BCUT2D eigenvalue weighted by molar-refractivity contribution is -0.0638. The topological polar surface area (TPSA) is 15.3 Å². The first-order valence-electron chi connectivity index (χ1n) is 7.25. The highest BCUT2D eigenvalue weighted by Gasteiger charge is 2.45. The molecule has 2 aliphatic heterocycles.